The fourth-order valence-corrected chi connectivity index (χ4v) is 4.29. The monoisotopic (exact) mass is 442 g/mol. The second-order valence-corrected chi connectivity index (χ2v) is 9.96. The molecule has 3 rings (SSSR count). The second-order valence-electron chi connectivity index (χ2n) is 8.37. The van der Waals surface area contributed by atoms with Crippen molar-refractivity contribution in [3.63, 3.8) is 0 Å². The summed E-state index contributed by atoms with van der Waals surface area (Å²) >= 11 is 2.55. The minimum absolute atomic E-state index is 0.220. The Labute approximate surface area is 185 Å². The van der Waals surface area contributed by atoms with E-state index in [0.717, 1.165) is 22.0 Å². The van der Waals surface area contributed by atoms with Crippen molar-refractivity contribution >= 4 is 40.4 Å². The Morgan fingerprint density at radius 3 is 2.30 bits per heavy atom. The molecule has 8 heteroatoms. The van der Waals surface area contributed by atoms with Crippen LogP contribution >= 0.6 is 22.9 Å². The first kappa shape index (κ1) is 22.1. The highest BCUT2D eigenvalue weighted by molar-refractivity contribution is 7.10. The molecule has 0 aliphatic heterocycles. The summed E-state index contributed by atoms with van der Waals surface area (Å²) in [7, 11) is 0. The van der Waals surface area contributed by atoms with Gasteiger partial charge in [0.15, 0.2) is 11.7 Å². The zero-order chi connectivity index (χ0) is 21.9. The normalized spacial score (nSPS) is 12.6. The molecule has 0 spiro atoms. The molecule has 2 amide bonds. The molecule has 0 aliphatic carbocycles. The molecule has 1 atom stereocenters. The molecule has 0 radical (unpaired) electrons. The maximum atomic E-state index is 13.5. The maximum Gasteiger partial charge on any atom is 0.280 e. The summed E-state index contributed by atoms with van der Waals surface area (Å²) in [5.41, 5.74) is 1.58. The Balaban J connectivity index is 2.11. The van der Waals surface area contributed by atoms with Crippen molar-refractivity contribution in [2.24, 2.45) is 0 Å². The van der Waals surface area contributed by atoms with Gasteiger partial charge in [-0.05, 0) is 67.4 Å². The van der Waals surface area contributed by atoms with Gasteiger partial charge in [0, 0.05) is 21.5 Å². The smallest absolute Gasteiger partial charge is 0.280 e. The first-order chi connectivity index (χ1) is 14.2. The number of rotatable bonds is 6. The van der Waals surface area contributed by atoms with Crippen LogP contribution in [0.5, 0.6) is 0 Å². The predicted octanol–water partition coefficient (Wildman–Crippen LogP) is 5.03. The molecule has 0 bridgehead atoms. The summed E-state index contributed by atoms with van der Waals surface area (Å²) in [6.07, 6.45) is 0. The van der Waals surface area contributed by atoms with E-state index in [2.05, 4.69) is 28.8 Å². The molecule has 0 aliphatic rings. The number of amides is 2. The molecule has 0 saturated carbocycles. The zero-order valence-electron chi connectivity index (χ0n) is 17.7. The summed E-state index contributed by atoms with van der Waals surface area (Å²) in [6, 6.07) is 10.7. The van der Waals surface area contributed by atoms with E-state index in [1.807, 2.05) is 62.5 Å². The lowest BCUT2D eigenvalue weighted by atomic mass is 10.0. The van der Waals surface area contributed by atoms with Gasteiger partial charge in [0.1, 0.15) is 0 Å². The highest BCUT2D eigenvalue weighted by Crippen LogP contribution is 2.33. The molecule has 2 heterocycles. The topological polar surface area (TPSA) is 75.2 Å². The highest BCUT2D eigenvalue weighted by atomic mass is 32.1. The van der Waals surface area contributed by atoms with Crippen LogP contribution in [0.15, 0.2) is 47.2 Å². The Morgan fingerprint density at radius 1 is 1.10 bits per heavy atom. The van der Waals surface area contributed by atoms with Crippen molar-refractivity contribution in [3.8, 4) is 0 Å². The lowest BCUT2D eigenvalue weighted by Crippen LogP contribution is -2.49. The van der Waals surface area contributed by atoms with Crippen LogP contribution < -0.4 is 10.2 Å². The van der Waals surface area contributed by atoms with E-state index < -0.39 is 11.6 Å². The summed E-state index contributed by atoms with van der Waals surface area (Å²) in [6.45, 7) is 9.99. The second kappa shape index (κ2) is 9.06. The van der Waals surface area contributed by atoms with Gasteiger partial charge in [-0.15, -0.1) is 16.4 Å². The van der Waals surface area contributed by atoms with Crippen molar-refractivity contribution in [2.45, 2.75) is 52.1 Å². The van der Waals surface area contributed by atoms with Crippen LogP contribution in [0, 0.1) is 0 Å². The Hall–Kier alpha value is -2.58. The number of carbonyl (C=O) groups is 2. The molecule has 1 N–H and O–H groups in total. The fourth-order valence-electron chi connectivity index (χ4n) is 3.04. The van der Waals surface area contributed by atoms with E-state index in [1.54, 1.807) is 5.38 Å². The van der Waals surface area contributed by atoms with Crippen LogP contribution in [0.1, 0.15) is 67.5 Å². The van der Waals surface area contributed by atoms with Crippen molar-refractivity contribution in [1.29, 1.82) is 0 Å². The quantitative estimate of drug-likeness (QED) is 0.581. The van der Waals surface area contributed by atoms with Crippen LogP contribution in [0.4, 0.5) is 5.69 Å². The molecular formula is C22H26N4O2S2. The highest BCUT2D eigenvalue weighted by Gasteiger charge is 2.36. The molecule has 3 aromatic rings. The van der Waals surface area contributed by atoms with Crippen molar-refractivity contribution in [1.82, 2.24) is 14.9 Å². The third-order valence-electron chi connectivity index (χ3n) is 4.45. The van der Waals surface area contributed by atoms with Crippen LogP contribution in [-0.2, 0) is 4.79 Å². The molecule has 30 heavy (non-hydrogen) atoms. The minimum atomic E-state index is -0.816. The lowest BCUT2D eigenvalue weighted by Gasteiger charge is -2.32. The SMILES string of the molecule is CC(C)c1ccc(N(C(=O)c2csnn2)[C@H](C(=O)NC(C)(C)C)c2cccs2)cc1. The molecule has 158 valence electrons. The van der Waals surface area contributed by atoms with E-state index in [1.165, 1.54) is 16.2 Å². The molecular weight excluding hydrogens is 416 g/mol. The Bertz CT molecular complexity index is 975. The number of carbonyl (C=O) groups excluding carboxylic acids is 2. The van der Waals surface area contributed by atoms with E-state index in [0.29, 0.717) is 11.6 Å². The van der Waals surface area contributed by atoms with Crippen molar-refractivity contribution in [3.05, 3.63) is 63.3 Å². The van der Waals surface area contributed by atoms with E-state index in [-0.39, 0.29) is 17.5 Å². The maximum absolute atomic E-state index is 13.5. The van der Waals surface area contributed by atoms with E-state index in [9.17, 15) is 9.59 Å². The largest absolute Gasteiger partial charge is 0.349 e. The number of nitrogens with zero attached hydrogens (tertiary/aromatic N) is 3. The van der Waals surface area contributed by atoms with Gasteiger partial charge < -0.3 is 5.32 Å². The predicted molar refractivity (Wildman–Crippen MR) is 122 cm³/mol. The summed E-state index contributed by atoms with van der Waals surface area (Å²) < 4.78 is 3.83. The van der Waals surface area contributed by atoms with Gasteiger partial charge in [0.2, 0.25) is 5.91 Å². The first-order valence-corrected chi connectivity index (χ1v) is 11.4. The van der Waals surface area contributed by atoms with E-state index >= 15 is 0 Å². The van der Waals surface area contributed by atoms with Crippen LogP contribution in [0.25, 0.3) is 0 Å². The van der Waals surface area contributed by atoms with E-state index in [4.69, 9.17) is 0 Å². The number of nitrogens with one attached hydrogen (secondary N) is 1. The third-order valence-corrected chi connectivity index (χ3v) is 5.88. The average Bonchev–Trinajstić information content (AvgIpc) is 3.38. The van der Waals surface area contributed by atoms with Crippen molar-refractivity contribution < 1.29 is 9.59 Å². The summed E-state index contributed by atoms with van der Waals surface area (Å²) in [5, 5.41) is 10.5. The van der Waals surface area contributed by atoms with Gasteiger partial charge in [0.05, 0.1) is 0 Å². The van der Waals surface area contributed by atoms with Crippen LogP contribution in [-0.4, -0.2) is 26.9 Å². The minimum Gasteiger partial charge on any atom is -0.349 e. The van der Waals surface area contributed by atoms with Gasteiger partial charge >= 0.3 is 0 Å². The number of aromatic nitrogens is 2. The molecule has 6 nitrogen and oxygen atoms in total. The van der Waals surface area contributed by atoms with Crippen molar-refractivity contribution in [2.75, 3.05) is 4.90 Å². The average molecular weight is 443 g/mol. The van der Waals surface area contributed by atoms with Gasteiger partial charge in [-0.2, -0.15) is 0 Å². The fraction of sp³-hybridized carbons (Fsp3) is 0.364. The first-order valence-electron chi connectivity index (χ1n) is 9.73. The van der Waals surface area contributed by atoms with Gasteiger partial charge in [-0.3, -0.25) is 14.5 Å². The number of benzene rings is 1. The molecule has 0 fully saturated rings. The molecule has 2 aromatic heterocycles. The van der Waals surface area contributed by atoms with Gasteiger partial charge in [0.25, 0.3) is 5.91 Å². The summed E-state index contributed by atoms with van der Waals surface area (Å²) in [4.78, 5) is 29.2. The molecule has 1 aromatic carbocycles. The lowest BCUT2D eigenvalue weighted by molar-refractivity contribution is -0.123. The number of thiophene rings is 1. The number of hydrogen-bond donors (Lipinski definition) is 1. The van der Waals surface area contributed by atoms with Gasteiger partial charge in [-0.25, -0.2) is 0 Å². The molecule has 0 saturated heterocycles. The van der Waals surface area contributed by atoms with Gasteiger partial charge in [-0.1, -0.05) is 36.5 Å². The number of hydrogen-bond acceptors (Lipinski definition) is 6. The third kappa shape index (κ3) is 5.12. The number of anilines is 1. The van der Waals surface area contributed by atoms with Crippen LogP contribution in [0.3, 0.4) is 0 Å². The Morgan fingerprint density at radius 2 is 1.80 bits per heavy atom. The molecule has 0 unspecified atom stereocenters. The Kier molecular flexibility index (Phi) is 6.67. The summed E-state index contributed by atoms with van der Waals surface area (Å²) in [5.74, 6) is -0.235. The zero-order valence-corrected chi connectivity index (χ0v) is 19.4. The van der Waals surface area contributed by atoms with Crippen LogP contribution in [0.2, 0.25) is 0 Å². The standard InChI is InChI=1S/C22H26N4O2S2/c1-14(2)15-8-10-16(11-9-15)26(21(28)17-13-30-25-24-17)19(18-7-6-12-29-18)20(27)23-22(3,4)5/h6-14,19H,1-5H3,(H,23,27)/t19-/m0/s1.